The Morgan fingerprint density at radius 3 is 2.76 bits per heavy atom. The van der Waals surface area contributed by atoms with Gasteiger partial charge in [-0.3, -0.25) is 0 Å². The molecule has 0 aromatic heterocycles. The van der Waals surface area contributed by atoms with Crippen LogP contribution in [0.25, 0.3) is 0 Å². The molecule has 0 radical (unpaired) electrons. The van der Waals surface area contributed by atoms with E-state index in [2.05, 4.69) is 12.8 Å². The third-order valence-electron chi connectivity index (χ3n) is 2.71. The molecule has 0 bridgehead atoms. The molecule has 1 aromatic rings. The van der Waals surface area contributed by atoms with Crippen LogP contribution in [0, 0.1) is 12.3 Å². The van der Waals surface area contributed by atoms with Crippen molar-refractivity contribution in [3.63, 3.8) is 0 Å². The zero-order valence-corrected chi connectivity index (χ0v) is 11.3. The van der Waals surface area contributed by atoms with Crippen LogP contribution in [0.5, 0.6) is 5.75 Å². The highest BCUT2D eigenvalue weighted by Crippen LogP contribution is 2.34. The van der Waals surface area contributed by atoms with Gasteiger partial charge in [0.25, 0.3) is 0 Å². The van der Waals surface area contributed by atoms with Crippen molar-refractivity contribution >= 4 is 11.6 Å². The third kappa shape index (κ3) is 3.98. The van der Waals surface area contributed by atoms with E-state index in [9.17, 15) is 0 Å². The Kier molecular flexibility index (Phi) is 5.94. The van der Waals surface area contributed by atoms with Crippen LogP contribution in [-0.4, -0.2) is 6.61 Å². The first-order valence-electron chi connectivity index (χ1n) is 6.08. The summed E-state index contributed by atoms with van der Waals surface area (Å²) in [4.78, 5) is 0. The van der Waals surface area contributed by atoms with Gasteiger partial charge in [0, 0.05) is 11.4 Å². The Bertz CT molecular complexity index is 392. The van der Waals surface area contributed by atoms with E-state index in [0.717, 1.165) is 35.6 Å². The lowest BCUT2D eigenvalue weighted by molar-refractivity contribution is 0.333. The zero-order chi connectivity index (χ0) is 12.7. The first kappa shape index (κ1) is 13.9. The second-order valence-corrected chi connectivity index (χ2v) is 4.45. The molecule has 1 atom stereocenters. The topological polar surface area (TPSA) is 9.23 Å². The van der Waals surface area contributed by atoms with E-state index in [1.165, 1.54) is 0 Å². The maximum atomic E-state index is 6.05. The van der Waals surface area contributed by atoms with E-state index in [-0.39, 0.29) is 0 Å². The number of ether oxygens (including phenoxy) is 1. The fourth-order valence-corrected chi connectivity index (χ4v) is 2.16. The van der Waals surface area contributed by atoms with Crippen molar-refractivity contribution in [1.82, 2.24) is 0 Å². The summed E-state index contributed by atoms with van der Waals surface area (Å²) in [5.41, 5.74) is 1.14. The van der Waals surface area contributed by atoms with Crippen molar-refractivity contribution in [3.05, 3.63) is 28.8 Å². The molecule has 17 heavy (non-hydrogen) atoms. The number of terminal acetylenes is 1. The number of rotatable bonds is 6. The predicted molar refractivity (Wildman–Crippen MR) is 73.7 cm³/mol. The molecule has 92 valence electrons. The quantitative estimate of drug-likeness (QED) is 0.668. The first-order valence-corrected chi connectivity index (χ1v) is 6.46. The highest BCUT2D eigenvalue weighted by Gasteiger charge is 2.15. The van der Waals surface area contributed by atoms with Gasteiger partial charge in [0.2, 0.25) is 0 Å². The summed E-state index contributed by atoms with van der Waals surface area (Å²) >= 11 is 6.05. The van der Waals surface area contributed by atoms with Crippen molar-refractivity contribution in [1.29, 1.82) is 0 Å². The van der Waals surface area contributed by atoms with E-state index in [4.69, 9.17) is 22.8 Å². The van der Waals surface area contributed by atoms with Gasteiger partial charge < -0.3 is 4.74 Å². The van der Waals surface area contributed by atoms with Gasteiger partial charge >= 0.3 is 0 Å². The van der Waals surface area contributed by atoms with Gasteiger partial charge in [-0.05, 0) is 43.0 Å². The van der Waals surface area contributed by atoms with Crippen LogP contribution in [-0.2, 0) is 0 Å². The molecule has 1 rings (SSSR count). The van der Waals surface area contributed by atoms with Gasteiger partial charge in [0.05, 0.1) is 6.61 Å². The molecule has 1 aromatic carbocycles. The predicted octanol–water partition coefficient (Wildman–Crippen LogP) is 4.65. The van der Waals surface area contributed by atoms with Gasteiger partial charge in [-0.2, -0.15) is 0 Å². The number of benzene rings is 1. The Balaban J connectivity index is 3.05. The lowest BCUT2D eigenvalue weighted by Crippen LogP contribution is -2.03. The maximum absolute atomic E-state index is 6.05. The molecular weight excluding hydrogens is 232 g/mol. The summed E-state index contributed by atoms with van der Waals surface area (Å²) < 4.78 is 5.64. The molecular formula is C15H19ClO. The van der Waals surface area contributed by atoms with Crippen LogP contribution in [0.1, 0.15) is 44.6 Å². The van der Waals surface area contributed by atoms with Crippen LogP contribution in [0.2, 0.25) is 5.02 Å². The molecule has 0 aliphatic rings. The summed E-state index contributed by atoms with van der Waals surface area (Å²) in [5.74, 6) is 3.99. The van der Waals surface area contributed by atoms with Gasteiger partial charge in [-0.1, -0.05) is 24.9 Å². The SMILES string of the molecule is C#CCC(CCC)c1cc(Cl)ccc1OCC. The fourth-order valence-electron chi connectivity index (χ4n) is 1.98. The van der Waals surface area contributed by atoms with Crippen LogP contribution >= 0.6 is 11.6 Å². The largest absolute Gasteiger partial charge is 0.494 e. The number of hydrogen-bond acceptors (Lipinski definition) is 1. The van der Waals surface area contributed by atoms with Crippen LogP contribution in [0.4, 0.5) is 0 Å². The summed E-state index contributed by atoms with van der Waals surface area (Å²) in [6.07, 6.45) is 8.33. The Labute approximate surface area is 109 Å². The molecule has 0 saturated carbocycles. The van der Waals surface area contributed by atoms with Crippen LogP contribution < -0.4 is 4.74 Å². The maximum Gasteiger partial charge on any atom is 0.122 e. The molecule has 0 spiro atoms. The van der Waals surface area contributed by atoms with Gasteiger partial charge in [0.1, 0.15) is 5.75 Å². The van der Waals surface area contributed by atoms with E-state index in [1.807, 2.05) is 25.1 Å². The van der Waals surface area contributed by atoms with Crippen LogP contribution in [0.3, 0.4) is 0 Å². The normalized spacial score (nSPS) is 11.9. The molecule has 0 aliphatic carbocycles. The third-order valence-corrected chi connectivity index (χ3v) is 2.95. The van der Waals surface area contributed by atoms with Gasteiger partial charge in [0.15, 0.2) is 0 Å². The fraction of sp³-hybridized carbons (Fsp3) is 0.467. The first-order chi connectivity index (χ1) is 8.22. The lowest BCUT2D eigenvalue weighted by atomic mass is 9.91. The molecule has 2 heteroatoms. The average Bonchev–Trinajstić information content (AvgIpc) is 2.31. The van der Waals surface area contributed by atoms with Gasteiger partial charge in [-0.15, -0.1) is 12.3 Å². The molecule has 1 nitrogen and oxygen atoms in total. The molecule has 0 saturated heterocycles. The molecule has 0 fully saturated rings. The molecule has 0 amide bonds. The molecule has 0 aliphatic heterocycles. The highest BCUT2D eigenvalue weighted by molar-refractivity contribution is 6.30. The lowest BCUT2D eigenvalue weighted by Gasteiger charge is -2.18. The number of halogens is 1. The Morgan fingerprint density at radius 2 is 2.18 bits per heavy atom. The second-order valence-electron chi connectivity index (χ2n) is 4.01. The summed E-state index contributed by atoms with van der Waals surface area (Å²) in [7, 11) is 0. The Morgan fingerprint density at radius 1 is 1.41 bits per heavy atom. The minimum absolute atomic E-state index is 0.338. The van der Waals surface area contributed by atoms with Crippen molar-refractivity contribution < 1.29 is 4.74 Å². The Hall–Kier alpha value is -1.13. The summed E-state index contributed by atoms with van der Waals surface area (Å²) in [5, 5.41) is 0.738. The van der Waals surface area contributed by atoms with Crippen molar-refractivity contribution in [2.24, 2.45) is 0 Å². The van der Waals surface area contributed by atoms with Crippen molar-refractivity contribution in [2.45, 2.75) is 39.0 Å². The zero-order valence-electron chi connectivity index (χ0n) is 10.5. The van der Waals surface area contributed by atoms with Crippen LogP contribution in [0.15, 0.2) is 18.2 Å². The van der Waals surface area contributed by atoms with Gasteiger partial charge in [-0.25, -0.2) is 0 Å². The van der Waals surface area contributed by atoms with Crippen molar-refractivity contribution in [3.8, 4) is 18.1 Å². The van der Waals surface area contributed by atoms with E-state index in [1.54, 1.807) is 0 Å². The number of hydrogen-bond donors (Lipinski definition) is 0. The van der Waals surface area contributed by atoms with E-state index in [0.29, 0.717) is 12.5 Å². The monoisotopic (exact) mass is 250 g/mol. The molecule has 0 heterocycles. The standard InChI is InChI=1S/C15H19ClO/c1-4-7-12(8-5-2)14-11-13(16)9-10-15(14)17-6-3/h1,9-12H,5-8H2,2-3H3. The highest BCUT2D eigenvalue weighted by atomic mass is 35.5. The van der Waals surface area contributed by atoms with E-state index < -0.39 is 0 Å². The summed E-state index contributed by atoms with van der Waals surface area (Å²) in [6.45, 7) is 4.80. The average molecular weight is 251 g/mol. The minimum atomic E-state index is 0.338. The smallest absolute Gasteiger partial charge is 0.122 e. The van der Waals surface area contributed by atoms with E-state index >= 15 is 0 Å². The molecule has 1 unspecified atom stereocenters. The van der Waals surface area contributed by atoms with Crippen molar-refractivity contribution in [2.75, 3.05) is 6.61 Å². The summed E-state index contributed by atoms with van der Waals surface area (Å²) in [6, 6.07) is 5.76. The molecule has 0 N–H and O–H groups in total. The second kappa shape index (κ2) is 7.25. The minimum Gasteiger partial charge on any atom is -0.494 e.